The van der Waals surface area contributed by atoms with E-state index in [4.69, 9.17) is 0 Å². The summed E-state index contributed by atoms with van der Waals surface area (Å²) in [7, 11) is 1.32. The van der Waals surface area contributed by atoms with Gasteiger partial charge in [-0.15, -0.1) is 0 Å². The molecule has 0 aliphatic carbocycles. The molecule has 0 aromatic heterocycles. The van der Waals surface area contributed by atoms with Crippen LogP contribution in [0.4, 0.5) is 0 Å². The molecule has 0 saturated heterocycles. The Bertz CT molecular complexity index is 43.3. The van der Waals surface area contributed by atoms with E-state index in [1.54, 1.807) is 0 Å². The van der Waals surface area contributed by atoms with E-state index in [-0.39, 0.29) is 0 Å². The molecule has 0 aliphatic heterocycles. The maximum absolute atomic E-state index is 2.30. The minimum atomic E-state index is 0.866. The smallest absolute Gasteiger partial charge is 0.0954 e. The Hall–Kier alpha value is 0.130. The van der Waals surface area contributed by atoms with Crippen LogP contribution in [0.25, 0.3) is 0 Å². The van der Waals surface area contributed by atoms with Crippen LogP contribution >= 0.6 is 0 Å². The van der Waals surface area contributed by atoms with Crippen LogP contribution in [0, 0.1) is 0 Å². The van der Waals surface area contributed by atoms with Gasteiger partial charge in [-0.2, -0.15) is 0 Å². The van der Waals surface area contributed by atoms with E-state index < -0.39 is 0 Å². The first kappa shape index (κ1) is 7.13. The van der Waals surface area contributed by atoms with E-state index in [1.807, 2.05) is 0 Å². The predicted molar refractivity (Wildman–Crippen MR) is 39.7 cm³/mol. The van der Waals surface area contributed by atoms with Gasteiger partial charge >= 0.3 is 0 Å². The zero-order valence-corrected chi connectivity index (χ0v) is 5.86. The Morgan fingerprint density at radius 2 is 1.86 bits per heavy atom. The van der Waals surface area contributed by atoms with Gasteiger partial charge in [-0.1, -0.05) is 33.3 Å². The molecule has 0 spiro atoms. The molecule has 0 nitrogen and oxygen atoms in total. The molecule has 0 radical (unpaired) electrons. The fourth-order valence-corrected chi connectivity index (χ4v) is 0.471. The molecule has 2 heteroatoms. The standard InChI is InChI=1S/C5H14B2/c1-5(2)7(4)6-3/h5-6H,1-4H3. The summed E-state index contributed by atoms with van der Waals surface area (Å²) in [5, 5.41) is 0. The van der Waals surface area contributed by atoms with Crippen LogP contribution in [0.15, 0.2) is 0 Å². The van der Waals surface area contributed by atoms with Crippen molar-refractivity contribution in [2.45, 2.75) is 33.3 Å². The van der Waals surface area contributed by atoms with Crippen molar-refractivity contribution in [2.24, 2.45) is 0 Å². The lowest BCUT2D eigenvalue weighted by Crippen LogP contribution is -2.18. The van der Waals surface area contributed by atoms with E-state index in [0.29, 0.717) is 0 Å². The Labute approximate surface area is 48.0 Å². The SMILES string of the molecule is CBB(C)C(C)C. The van der Waals surface area contributed by atoms with Gasteiger partial charge in [0.15, 0.2) is 0 Å². The van der Waals surface area contributed by atoms with Crippen molar-refractivity contribution in [3.05, 3.63) is 0 Å². The fourth-order valence-electron chi connectivity index (χ4n) is 0.471. The first-order chi connectivity index (χ1) is 3.18. The highest BCUT2D eigenvalue weighted by Crippen LogP contribution is 2.03. The summed E-state index contributed by atoms with van der Waals surface area (Å²) in [6, 6.07) is 0. The monoisotopic (exact) mass is 96.1 g/mol. The molecule has 0 rings (SSSR count). The summed E-state index contributed by atoms with van der Waals surface area (Å²) >= 11 is 0. The average Bonchev–Trinajstić information content (AvgIpc) is 1.65. The van der Waals surface area contributed by atoms with Gasteiger partial charge in [0.2, 0.25) is 0 Å². The summed E-state index contributed by atoms with van der Waals surface area (Å²) < 4.78 is 0. The summed E-state index contributed by atoms with van der Waals surface area (Å²) in [6.45, 7) is 9.98. The summed E-state index contributed by atoms with van der Waals surface area (Å²) in [6.07, 6.45) is 0. The Morgan fingerprint density at radius 3 is 1.86 bits per heavy atom. The molecule has 0 fully saturated rings. The molecule has 0 bridgehead atoms. The molecule has 0 saturated carbocycles. The quantitative estimate of drug-likeness (QED) is 0.457. The Balaban J connectivity index is 3.14. The molecule has 0 aromatic carbocycles. The topological polar surface area (TPSA) is 0 Å². The molecule has 0 amide bonds. The van der Waals surface area contributed by atoms with Crippen molar-refractivity contribution in [1.29, 1.82) is 0 Å². The van der Waals surface area contributed by atoms with Crippen molar-refractivity contribution in [1.82, 2.24) is 0 Å². The molecular weight excluding hydrogens is 81.7 g/mol. The second kappa shape index (κ2) is 3.17. The normalized spacial score (nSPS) is 9.29. The van der Waals surface area contributed by atoms with Gasteiger partial charge < -0.3 is 0 Å². The third-order valence-electron chi connectivity index (χ3n) is 1.78. The highest BCUT2D eigenvalue weighted by Gasteiger charge is 2.07. The van der Waals surface area contributed by atoms with Crippen molar-refractivity contribution in [2.75, 3.05) is 0 Å². The molecule has 0 aromatic rings. The van der Waals surface area contributed by atoms with Crippen LogP contribution in [0.5, 0.6) is 0 Å². The highest BCUT2D eigenvalue weighted by atomic mass is 13.7. The van der Waals surface area contributed by atoms with Crippen LogP contribution in [-0.4, -0.2) is 13.8 Å². The van der Waals surface area contributed by atoms with E-state index >= 15 is 0 Å². The molecular formula is C5H14B2. The minimum absolute atomic E-state index is 0.866. The van der Waals surface area contributed by atoms with Crippen molar-refractivity contribution < 1.29 is 0 Å². The van der Waals surface area contributed by atoms with Gasteiger partial charge in [-0.3, -0.25) is 0 Å². The minimum Gasteiger partial charge on any atom is -0.0954 e. The lowest BCUT2D eigenvalue weighted by atomic mass is 9.19. The Kier molecular flexibility index (Phi) is 3.23. The van der Waals surface area contributed by atoms with Crippen molar-refractivity contribution in [3.8, 4) is 0 Å². The predicted octanol–water partition coefficient (Wildman–Crippen LogP) is 1.50. The summed E-state index contributed by atoms with van der Waals surface area (Å²) in [5.41, 5.74) is 0. The van der Waals surface area contributed by atoms with Crippen LogP contribution in [0.2, 0.25) is 19.5 Å². The van der Waals surface area contributed by atoms with Gasteiger partial charge in [0.05, 0.1) is 7.17 Å². The maximum atomic E-state index is 2.30. The first-order valence-electron chi connectivity index (χ1n) is 3.18. The van der Waals surface area contributed by atoms with Crippen LogP contribution < -0.4 is 0 Å². The lowest BCUT2D eigenvalue weighted by molar-refractivity contribution is 1.05. The molecule has 0 heterocycles. The number of hydrogen-bond acceptors (Lipinski definition) is 0. The summed E-state index contributed by atoms with van der Waals surface area (Å²) in [4.78, 5) is 0. The van der Waals surface area contributed by atoms with Gasteiger partial charge in [-0.25, -0.2) is 0 Å². The van der Waals surface area contributed by atoms with E-state index in [1.165, 1.54) is 7.17 Å². The molecule has 0 unspecified atom stereocenters. The van der Waals surface area contributed by atoms with Crippen molar-refractivity contribution >= 4 is 13.8 Å². The average molecular weight is 95.8 g/mol. The zero-order valence-electron chi connectivity index (χ0n) is 5.86. The van der Waals surface area contributed by atoms with Crippen LogP contribution in [0.3, 0.4) is 0 Å². The maximum Gasteiger partial charge on any atom is 0.104 e. The van der Waals surface area contributed by atoms with Gasteiger partial charge in [0.25, 0.3) is 0 Å². The fraction of sp³-hybridized carbons (Fsp3) is 1.00. The van der Waals surface area contributed by atoms with Gasteiger partial charge in [0.1, 0.15) is 6.60 Å². The van der Waals surface area contributed by atoms with Crippen molar-refractivity contribution in [3.63, 3.8) is 0 Å². The molecule has 7 heavy (non-hydrogen) atoms. The first-order valence-corrected chi connectivity index (χ1v) is 3.18. The van der Waals surface area contributed by atoms with Gasteiger partial charge in [-0.05, 0) is 0 Å². The number of hydrogen-bond donors (Lipinski definition) is 0. The third kappa shape index (κ3) is 2.78. The number of rotatable bonds is 2. The van der Waals surface area contributed by atoms with E-state index in [2.05, 4.69) is 27.5 Å². The highest BCUT2D eigenvalue weighted by molar-refractivity contribution is 7.11. The summed E-state index contributed by atoms with van der Waals surface area (Å²) in [5.74, 6) is 0.866. The second-order valence-electron chi connectivity index (χ2n) is 2.63. The van der Waals surface area contributed by atoms with Crippen LogP contribution in [-0.2, 0) is 0 Å². The van der Waals surface area contributed by atoms with E-state index in [9.17, 15) is 0 Å². The lowest BCUT2D eigenvalue weighted by Gasteiger charge is -2.05. The second-order valence-corrected chi connectivity index (χ2v) is 2.63. The molecule has 40 valence electrons. The largest absolute Gasteiger partial charge is 0.104 e. The zero-order chi connectivity index (χ0) is 5.86. The van der Waals surface area contributed by atoms with Crippen LogP contribution in [0.1, 0.15) is 13.8 Å². The molecule has 0 aliphatic rings. The molecule has 0 atom stereocenters. The van der Waals surface area contributed by atoms with E-state index in [0.717, 1.165) is 12.4 Å². The Morgan fingerprint density at radius 1 is 1.43 bits per heavy atom. The third-order valence-corrected chi connectivity index (χ3v) is 1.78. The van der Waals surface area contributed by atoms with Gasteiger partial charge in [0, 0.05) is 0 Å². The molecule has 0 N–H and O–H groups in total.